The third kappa shape index (κ3) is 4.63. The molecule has 5 N–H and O–H groups in total. The van der Waals surface area contributed by atoms with Crippen LogP contribution < -0.4 is 16.2 Å². The zero-order valence-electron chi connectivity index (χ0n) is 8.81. The molecule has 0 saturated heterocycles. The topological polar surface area (TPSA) is 98.2 Å². The molecule has 0 heterocycles. The van der Waals surface area contributed by atoms with Gasteiger partial charge >= 0.3 is 0 Å². The molecule has 1 aromatic carbocycles. The van der Waals surface area contributed by atoms with E-state index in [-0.39, 0.29) is 17.3 Å². The maximum Gasteiger partial charge on any atom is 0.210 e. The van der Waals surface area contributed by atoms with Crippen LogP contribution in [0.3, 0.4) is 0 Å². The van der Waals surface area contributed by atoms with Crippen molar-refractivity contribution in [2.45, 2.75) is 0 Å². The molecule has 0 radical (unpaired) electrons. The summed E-state index contributed by atoms with van der Waals surface area (Å²) in [7, 11) is -3.54. The van der Waals surface area contributed by atoms with E-state index in [4.69, 9.17) is 23.1 Å². The molecule has 0 aliphatic heterocycles. The summed E-state index contributed by atoms with van der Waals surface area (Å²) < 4.78 is 34.4. The van der Waals surface area contributed by atoms with Gasteiger partial charge < -0.3 is 11.1 Å². The minimum absolute atomic E-state index is 0.0302. The SMILES string of the molecule is NC(=S)c1cc(F)ccc1NCCS(N)(=O)=O. The highest BCUT2D eigenvalue weighted by molar-refractivity contribution is 7.89. The van der Waals surface area contributed by atoms with Crippen LogP contribution in [0.4, 0.5) is 10.1 Å². The summed E-state index contributed by atoms with van der Waals surface area (Å²) in [5.74, 6) is -0.703. The fourth-order valence-electron chi connectivity index (χ4n) is 1.20. The summed E-state index contributed by atoms with van der Waals surface area (Å²) in [5.41, 5.74) is 6.23. The lowest BCUT2D eigenvalue weighted by Crippen LogP contribution is -2.23. The minimum Gasteiger partial charge on any atom is -0.389 e. The van der Waals surface area contributed by atoms with Gasteiger partial charge in [0.2, 0.25) is 10.0 Å². The molecule has 0 bridgehead atoms. The number of sulfonamides is 1. The van der Waals surface area contributed by atoms with Crippen LogP contribution in [0, 0.1) is 5.82 Å². The van der Waals surface area contributed by atoms with Crippen molar-refractivity contribution in [1.82, 2.24) is 0 Å². The van der Waals surface area contributed by atoms with E-state index in [0.717, 1.165) is 0 Å². The van der Waals surface area contributed by atoms with Gasteiger partial charge in [0.1, 0.15) is 10.8 Å². The van der Waals surface area contributed by atoms with Gasteiger partial charge in [-0.1, -0.05) is 12.2 Å². The number of hydrogen-bond donors (Lipinski definition) is 3. The summed E-state index contributed by atoms with van der Waals surface area (Å²) in [6, 6.07) is 3.84. The zero-order chi connectivity index (χ0) is 13.1. The van der Waals surface area contributed by atoms with Gasteiger partial charge in [-0.25, -0.2) is 17.9 Å². The smallest absolute Gasteiger partial charge is 0.210 e. The molecule has 0 amide bonds. The van der Waals surface area contributed by atoms with Gasteiger partial charge in [-0.3, -0.25) is 0 Å². The molecule has 0 spiro atoms. The monoisotopic (exact) mass is 277 g/mol. The Hall–Kier alpha value is -1.25. The lowest BCUT2D eigenvalue weighted by molar-refractivity contribution is 0.598. The van der Waals surface area contributed by atoms with Crippen molar-refractivity contribution in [3.8, 4) is 0 Å². The number of thiocarbonyl (C=S) groups is 1. The minimum atomic E-state index is -3.54. The second kappa shape index (κ2) is 5.39. The molecule has 0 atom stereocenters. The average molecular weight is 277 g/mol. The maximum atomic E-state index is 13.0. The van der Waals surface area contributed by atoms with Gasteiger partial charge in [0.25, 0.3) is 0 Å². The second-order valence-electron chi connectivity index (χ2n) is 3.35. The van der Waals surface area contributed by atoms with Gasteiger partial charge in [-0.15, -0.1) is 0 Å². The van der Waals surface area contributed by atoms with Crippen LogP contribution >= 0.6 is 12.2 Å². The Labute approximate surface area is 104 Å². The molecule has 0 fully saturated rings. The first-order chi connectivity index (χ1) is 7.79. The van der Waals surface area contributed by atoms with Gasteiger partial charge in [0.05, 0.1) is 5.75 Å². The highest BCUT2D eigenvalue weighted by Crippen LogP contribution is 2.16. The van der Waals surface area contributed by atoms with Crippen molar-refractivity contribution in [2.24, 2.45) is 10.9 Å². The van der Waals surface area contributed by atoms with Crippen molar-refractivity contribution in [2.75, 3.05) is 17.6 Å². The molecule has 1 rings (SSSR count). The fraction of sp³-hybridized carbons (Fsp3) is 0.222. The predicted molar refractivity (Wildman–Crippen MR) is 68.8 cm³/mol. The lowest BCUT2D eigenvalue weighted by Gasteiger charge is -2.10. The predicted octanol–water partition coefficient (Wildman–Crippen LogP) is 0.160. The van der Waals surface area contributed by atoms with E-state index in [2.05, 4.69) is 5.32 Å². The van der Waals surface area contributed by atoms with Crippen LogP contribution in [0.15, 0.2) is 18.2 Å². The Morgan fingerprint density at radius 1 is 1.47 bits per heavy atom. The molecule has 5 nitrogen and oxygen atoms in total. The molecule has 0 aliphatic rings. The zero-order valence-corrected chi connectivity index (χ0v) is 10.4. The standard InChI is InChI=1S/C9H12FN3O2S2/c10-6-1-2-8(7(5-6)9(11)16)13-3-4-17(12,14)15/h1-2,5,13H,3-4H2,(H2,11,16)(H2,12,14,15). The Balaban J connectivity index is 2.81. The summed E-state index contributed by atoms with van der Waals surface area (Å²) in [6.07, 6.45) is 0. The Bertz CT molecular complexity index is 531. The molecule has 1 aromatic rings. The van der Waals surface area contributed by atoms with Crippen molar-refractivity contribution in [1.29, 1.82) is 0 Å². The Morgan fingerprint density at radius 3 is 2.65 bits per heavy atom. The molecule has 94 valence electrons. The van der Waals surface area contributed by atoms with Crippen molar-refractivity contribution in [3.05, 3.63) is 29.6 Å². The summed E-state index contributed by atoms with van der Waals surface area (Å²) in [4.78, 5) is 0.0302. The van der Waals surface area contributed by atoms with Gasteiger partial charge in [0, 0.05) is 17.8 Å². The second-order valence-corrected chi connectivity index (χ2v) is 5.52. The number of primary sulfonamides is 1. The molecule has 17 heavy (non-hydrogen) atoms. The van der Waals surface area contributed by atoms with Crippen LogP contribution in [-0.2, 0) is 10.0 Å². The quantitative estimate of drug-likeness (QED) is 0.666. The number of nitrogens with two attached hydrogens (primary N) is 2. The normalized spacial score (nSPS) is 11.2. The molecular formula is C9H12FN3O2S2. The Morgan fingerprint density at radius 2 is 2.12 bits per heavy atom. The molecule has 0 unspecified atom stereocenters. The first-order valence-electron chi connectivity index (χ1n) is 4.63. The highest BCUT2D eigenvalue weighted by Gasteiger charge is 2.08. The van der Waals surface area contributed by atoms with Crippen molar-refractivity contribution < 1.29 is 12.8 Å². The fourth-order valence-corrected chi connectivity index (χ4v) is 1.76. The van der Waals surface area contributed by atoms with Crippen molar-refractivity contribution in [3.63, 3.8) is 0 Å². The van der Waals surface area contributed by atoms with E-state index in [1.54, 1.807) is 0 Å². The first-order valence-corrected chi connectivity index (χ1v) is 6.75. The summed E-state index contributed by atoms with van der Waals surface area (Å²) in [5, 5.41) is 7.63. The molecule has 0 saturated carbocycles. The molecule has 8 heteroatoms. The van der Waals surface area contributed by atoms with Crippen LogP contribution in [0.25, 0.3) is 0 Å². The molecule has 0 aliphatic carbocycles. The van der Waals surface area contributed by atoms with Crippen LogP contribution in [-0.4, -0.2) is 25.7 Å². The highest BCUT2D eigenvalue weighted by atomic mass is 32.2. The van der Waals surface area contributed by atoms with Gasteiger partial charge in [-0.05, 0) is 18.2 Å². The van der Waals surface area contributed by atoms with Gasteiger partial charge in [0.15, 0.2) is 0 Å². The van der Waals surface area contributed by atoms with E-state index < -0.39 is 15.8 Å². The van der Waals surface area contributed by atoms with Crippen LogP contribution in [0.2, 0.25) is 0 Å². The summed E-state index contributed by atoms with van der Waals surface area (Å²) >= 11 is 4.76. The van der Waals surface area contributed by atoms with E-state index >= 15 is 0 Å². The molecular weight excluding hydrogens is 265 g/mol. The lowest BCUT2D eigenvalue weighted by atomic mass is 10.1. The number of hydrogen-bond acceptors (Lipinski definition) is 4. The van der Waals surface area contributed by atoms with E-state index in [1.807, 2.05) is 0 Å². The number of rotatable bonds is 5. The maximum absolute atomic E-state index is 13.0. The molecule has 0 aromatic heterocycles. The van der Waals surface area contributed by atoms with Crippen LogP contribution in [0.1, 0.15) is 5.56 Å². The number of halogens is 1. The van der Waals surface area contributed by atoms with E-state index in [1.165, 1.54) is 18.2 Å². The van der Waals surface area contributed by atoms with E-state index in [0.29, 0.717) is 11.3 Å². The number of nitrogens with one attached hydrogen (secondary N) is 1. The average Bonchev–Trinajstić information content (AvgIpc) is 2.18. The van der Waals surface area contributed by atoms with E-state index in [9.17, 15) is 12.8 Å². The van der Waals surface area contributed by atoms with Crippen molar-refractivity contribution >= 4 is 32.9 Å². The Kier molecular flexibility index (Phi) is 4.38. The third-order valence-corrected chi connectivity index (χ3v) is 2.94. The first kappa shape index (κ1) is 13.8. The third-order valence-electron chi connectivity index (χ3n) is 1.95. The number of anilines is 1. The van der Waals surface area contributed by atoms with Crippen LogP contribution in [0.5, 0.6) is 0 Å². The van der Waals surface area contributed by atoms with Gasteiger partial charge in [-0.2, -0.15) is 0 Å². The summed E-state index contributed by atoms with van der Waals surface area (Å²) in [6.45, 7) is 0.0973. The number of benzene rings is 1. The largest absolute Gasteiger partial charge is 0.389 e.